The highest BCUT2D eigenvalue weighted by atomic mass is 19.1. The van der Waals surface area contributed by atoms with Crippen LogP contribution in [0.15, 0.2) is 54.9 Å². The summed E-state index contributed by atoms with van der Waals surface area (Å²) in [6, 6.07) is 11.6. The van der Waals surface area contributed by atoms with Crippen LogP contribution in [0.1, 0.15) is 15.9 Å². The molecule has 7 nitrogen and oxygen atoms in total. The summed E-state index contributed by atoms with van der Waals surface area (Å²) in [5.74, 6) is 0.654. The molecule has 0 saturated carbocycles. The molecule has 0 aliphatic carbocycles. The minimum Gasteiger partial charge on any atom is -0.493 e. The van der Waals surface area contributed by atoms with E-state index >= 15 is 0 Å². The maximum absolute atomic E-state index is 13.6. The Hall–Kier alpha value is -3.68. The van der Waals surface area contributed by atoms with Crippen molar-refractivity contribution in [1.29, 1.82) is 0 Å². The molecule has 0 atom stereocenters. The number of nitrogens with one attached hydrogen (secondary N) is 2. The van der Waals surface area contributed by atoms with Gasteiger partial charge in [-0.1, -0.05) is 18.2 Å². The van der Waals surface area contributed by atoms with Gasteiger partial charge in [0.15, 0.2) is 11.5 Å². The first-order valence-electron chi connectivity index (χ1n) is 8.43. The van der Waals surface area contributed by atoms with E-state index in [9.17, 15) is 9.18 Å². The fourth-order valence-electron chi connectivity index (χ4n) is 2.47. The van der Waals surface area contributed by atoms with Crippen molar-refractivity contribution < 1.29 is 18.7 Å². The fourth-order valence-corrected chi connectivity index (χ4v) is 2.47. The van der Waals surface area contributed by atoms with E-state index in [1.807, 2.05) is 6.07 Å². The summed E-state index contributed by atoms with van der Waals surface area (Å²) < 4.78 is 24.1. The van der Waals surface area contributed by atoms with Gasteiger partial charge in [0.05, 0.1) is 25.5 Å². The molecule has 1 aromatic heterocycles. The van der Waals surface area contributed by atoms with Crippen molar-refractivity contribution in [2.45, 2.75) is 6.54 Å². The molecule has 144 valence electrons. The second-order valence-corrected chi connectivity index (χ2v) is 5.77. The summed E-state index contributed by atoms with van der Waals surface area (Å²) in [5.41, 5.74) is 1.40. The number of hydrogen-bond donors (Lipinski definition) is 2. The van der Waals surface area contributed by atoms with Crippen LogP contribution in [0.3, 0.4) is 0 Å². The number of ether oxygens (including phenoxy) is 2. The normalized spacial score (nSPS) is 10.2. The van der Waals surface area contributed by atoms with Gasteiger partial charge in [-0.05, 0) is 29.8 Å². The number of carbonyl (C=O) groups excluding carboxylic acids is 1. The van der Waals surface area contributed by atoms with Crippen molar-refractivity contribution in [1.82, 2.24) is 15.3 Å². The van der Waals surface area contributed by atoms with Crippen molar-refractivity contribution >= 4 is 17.5 Å². The van der Waals surface area contributed by atoms with Crippen LogP contribution < -0.4 is 20.1 Å². The number of aromatic nitrogens is 2. The predicted molar refractivity (Wildman–Crippen MR) is 102 cm³/mol. The standard InChI is InChI=1S/C20H19FN4O3/c1-27-17-8-7-13(9-18(17)28-2)10-22-19(26)14-11-23-20(24-12-14)25-16-6-4-3-5-15(16)21/h3-9,11-12H,10H2,1-2H3,(H,22,26)(H,23,24,25). The third-order valence-corrected chi connectivity index (χ3v) is 3.94. The van der Waals surface area contributed by atoms with Gasteiger partial charge in [0.2, 0.25) is 5.95 Å². The highest BCUT2D eigenvalue weighted by molar-refractivity contribution is 5.93. The first-order valence-corrected chi connectivity index (χ1v) is 8.43. The number of halogens is 1. The summed E-state index contributed by atoms with van der Waals surface area (Å²) in [5, 5.41) is 5.55. The number of para-hydroxylation sites is 1. The number of hydrogen-bond acceptors (Lipinski definition) is 6. The molecule has 0 spiro atoms. The Morgan fingerprint density at radius 3 is 2.43 bits per heavy atom. The van der Waals surface area contributed by atoms with Gasteiger partial charge in [0.1, 0.15) is 5.82 Å². The lowest BCUT2D eigenvalue weighted by Crippen LogP contribution is -2.23. The predicted octanol–water partition coefficient (Wildman–Crippen LogP) is 3.31. The number of benzene rings is 2. The van der Waals surface area contributed by atoms with Crippen LogP contribution in [0.2, 0.25) is 0 Å². The molecule has 2 N–H and O–H groups in total. The molecule has 1 amide bonds. The molecule has 2 aromatic carbocycles. The number of rotatable bonds is 7. The summed E-state index contributed by atoms with van der Waals surface area (Å²) in [7, 11) is 3.11. The van der Waals surface area contributed by atoms with Crippen LogP contribution in [0.5, 0.6) is 11.5 Å². The van der Waals surface area contributed by atoms with Crippen LogP contribution >= 0.6 is 0 Å². The van der Waals surface area contributed by atoms with Gasteiger partial charge in [0, 0.05) is 18.9 Å². The van der Waals surface area contributed by atoms with Gasteiger partial charge >= 0.3 is 0 Å². The molecule has 1 heterocycles. The Balaban J connectivity index is 1.61. The second kappa shape index (κ2) is 8.81. The molecular weight excluding hydrogens is 363 g/mol. The van der Waals surface area contributed by atoms with Gasteiger partial charge < -0.3 is 20.1 Å². The summed E-state index contributed by atoms with van der Waals surface area (Å²) >= 11 is 0. The average Bonchev–Trinajstić information content (AvgIpc) is 2.74. The van der Waals surface area contributed by atoms with Gasteiger partial charge in [-0.15, -0.1) is 0 Å². The third-order valence-electron chi connectivity index (χ3n) is 3.94. The van der Waals surface area contributed by atoms with Crippen molar-refractivity contribution in [2.75, 3.05) is 19.5 Å². The molecule has 3 rings (SSSR count). The van der Waals surface area contributed by atoms with Gasteiger partial charge in [-0.3, -0.25) is 4.79 Å². The molecule has 0 radical (unpaired) electrons. The van der Waals surface area contributed by atoms with Crippen molar-refractivity contribution in [3.63, 3.8) is 0 Å². The second-order valence-electron chi connectivity index (χ2n) is 5.77. The number of amides is 1. The van der Waals surface area contributed by atoms with Crippen LogP contribution in [-0.2, 0) is 6.54 Å². The van der Waals surface area contributed by atoms with Crippen LogP contribution in [0.25, 0.3) is 0 Å². The van der Waals surface area contributed by atoms with E-state index in [0.717, 1.165) is 5.56 Å². The SMILES string of the molecule is COc1ccc(CNC(=O)c2cnc(Nc3ccccc3F)nc2)cc1OC. The lowest BCUT2D eigenvalue weighted by molar-refractivity contribution is 0.0950. The zero-order valence-corrected chi connectivity index (χ0v) is 15.4. The molecule has 0 saturated heterocycles. The number of anilines is 2. The van der Waals surface area contributed by atoms with Crippen LogP contribution in [0, 0.1) is 5.82 Å². The Morgan fingerprint density at radius 2 is 1.75 bits per heavy atom. The highest BCUT2D eigenvalue weighted by Crippen LogP contribution is 2.27. The minimum absolute atomic E-state index is 0.196. The minimum atomic E-state index is -0.414. The molecule has 3 aromatic rings. The fraction of sp³-hybridized carbons (Fsp3) is 0.150. The maximum atomic E-state index is 13.6. The lowest BCUT2D eigenvalue weighted by atomic mass is 10.2. The molecule has 8 heteroatoms. The molecular formula is C20H19FN4O3. The van der Waals surface area contributed by atoms with Crippen molar-refractivity contribution in [3.8, 4) is 11.5 Å². The summed E-state index contributed by atoms with van der Waals surface area (Å²) in [6.45, 7) is 0.300. The van der Waals surface area contributed by atoms with Gasteiger partial charge in [-0.2, -0.15) is 0 Å². The Morgan fingerprint density at radius 1 is 1.04 bits per heavy atom. The van der Waals surface area contributed by atoms with Crippen LogP contribution in [0.4, 0.5) is 16.0 Å². The van der Waals surface area contributed by atoms with Crippen molar-refractivity contribution in [3.05, 3.63) is 71.8 Å². The molecule has 0 bridgehead atoms. The number of nitrogens with zero attached hydrogens (tertiary/aromatic N) is 2. The Kier molecular flexibility index (Phi) is 6.01. The maximum Gasteiger partial charge on any atom is 0.254 e. The lowest BCUT2D eigenvalue weighted by Gasteiger charge is -2.10. The Bertz CT molecular complexity index is 964. The van der Waals surface area contributed by atoms with E-state index in [4.69, 9.17) is 9.47 Å². The van der Waals surface area contributed by atoms with E-state index in [0.29, 0.717) is 23.6 Å². The molecule has 28 heavy (non-hydrogen) atoms. The summed E-state index contributed by atoms with van der Waals surface area (Å²) in [4.78, 5) is 20.4. The average molecular weight is 382 g/mol. The largest absolute Gasteiger partial charge is 0.493 e. The van der Waals surface area contributed by atoms with Gasteiger partial charge in [0.25, 0.3) is 5.91 Å². The highest BCUT2D eigenvalue weighted by Gasteiger charge is 2.10. The smallest absolute Gasteiger partial charge is 0.254 e. The first-order chi connectivity index (χ1) is 13.6. The number of methoxy groups -OCH3 is 2. The van der Waals surface area contributed by atoms with Gasteiger partial charge in [-0.25, -0.2) is 14.4 Å². The number of carbonyl (C=O) groups is 1. The first kappa shape index (κ1) is 19.1. The topological polar surface area (TPSA) is 85.4 Å². The molecule has 0 fully saturated rings. The molecule has 0 aliphatic heterocycles. The van der Waals surface area contributed by atoms with Crippen molar-refractivity contribution in [2.24, 2.45) is 0 Å². The molecule has 0 aliphatic rings. The van der Waals surface area contributed by atoms with Crippen LogP contribution in [-0.4, -0.2) is 30.1 Å². The van der Waals surface area contributed by atoms with E-state index in [-0.39, 0.29) is 17.5 Å². The van der Waals surface area contributed by atoms with E-state index in [2.05, 4.69) is 20.6 Å². The Labute approximate surface area is 161 Å². The monoisotopic (exact) mass is 382 g/mol. The van der Waals surface area contributed by atoms with E-state index in [1.54, 1.807) is 44.6 Å². The zero-order chi connectivity index (χ0) is 19.9. The van der Waals surface area contributed by atoms with E-state index in [1.165, 1.54) is 18.5 Å². The quantitative estimate of drug-likeness (QED) is 0.652. The zero-order valence-electron chi connectivity index (χ0n) is 15.4. The van der Waals surface area contributed by atoms with E-state index < -0.39 is 5.82 Å². The summed E-state index contributed by atoms with van der Waals surface area (Å²) in [6.07, 6.45) is 2.75. The third kappa shape index (κ3) is 4.53. The molecule has 0 unspecified atom stereocenters.